The van der Waals surface area contributed by atoms with Crippen molar-refractivity contribution in [3.05, 3.63) is 86.5 Å². The first-order valence-corrected chi connectivity index (χ1v) is 20.1. The zero-order valence-corrected chi connectivity index (χ0v) is 39.2. The second kappa shape index (κ2) is 16.6. The molecule has 0 unspecified atom stereocenters. The lowest BCUT2D eigenvalue weighted by atomic mass is 9.73. The summed E-state index contributed by atoms with van der Waals surface area (Å²) in [6.07, 6.45) is -2.34. The molecule has 58 heavy (non-hydrogen) atoms. The molecule has 0 amide bonds. The van der Waals surface area contributed by atoms with Crippen LogP contribution in [0.5, 0.6) is 17.2 Å². The van der Waals surface area contributed by atoms with Gasteiger partial charge in [-0.25, -0.2) is 14.4 Å². The highest BCUT2D eigenvalue weighted by atomic mass is 16.7. The molecular formula is C49H70O9. The zero-order valence-electron chi connectivity index (χ0n) is 39.2. The number of hydrogen-bond acceptors (Lipinski definition) is 9. The third-order valence-electron chi connectivity index (χ3n) is 9.21. The first-order valence-electron chi connectivity index (χ1n) is 20.1. The van der Waals surface area contributed by atoms with E-state index in [9.17, 15) is 14.4 Å². The van der Waals surface area contributed by atoms with E-state index in [0.29, 0.717) is 17.2 Å². The third kappa shape index (κ3) is 13.0. The van der Waals surface area contributed by atoms with Crippen molar-refractivity contribution < 1.29 is 42.8 Å². The Morgan fingerprint density at radius 1 is 0.379 bits per heavy atom. The molecule has 0 aliphatic rings. The van der Waals surface area contributed by atoms with Crippen LogP contribution in [0.4, 0.5) is 14.4 Å². The lowest BCUT2D eigenvalue weighted by Crippen LogP contribution is -2.27. The molecule has 0 N–H and O–H groups in total. The first kappa shape index (κ1) is 47.8. The average molecular weight is 803 g/mol. The van der Waals surface area contributed by atoms with Gasteiger partial charge in [0.2, 0.25) is 0 Å². The molecule has 0 spiro atoms. The number of aryl methyl sites for hydroxylation is 3. The van der Waals surface area contributed by atoms with Gasteiger partial charge >= 0.3 is 18.5 Å². The normalized spacial score (nSPS) is 12.9. The maximum Gasteiger partial charge on any atom is 0.514 e. The van der Waals surface area contributed by atoms with Crippen molar-refractivity contribution in [2.24, 2.45) is 0 Å². The lowest BCUT2D eigenvalue weighted by molar-refractivity contribution is 0.0189. The van der Waals surface area contributed by atoms with Gasteiger partial charge in [-0.15, -0.1) is 0 Å². The minimum Gasteiger partial charge on any atom is -0.428 e. The fourth-order valence-electron chi connectivity index (χ4n) is 6.62. The molecule has 0 saturated carbocycles. The largest absolute Gasteiger partial charge is 0.514 e. The van der Waals surface area contributed by atoms with E-state index in [1.165, 1.54) is 0 Å². The van der Waals surface area contributed by atoms with Crippen molar-refractivity contribution in [1.82, 2.24) is 0 Å². The summed E-state index contributed by atoms with van der Waals surface area (Å²) in [5.41, 5.74) is 4.51. The van der Waals surface area contributed by atoms with Crippen LogP contribution in [-0.2, 0) is 30.5 Å². The van der Waals surface area contributed by atoms with Crippen LogP contribution in [0, 0.1) is 20.8 Å². The number of carbonyl (C=O) groups excluding carboxylic acids is 3. The van der Waals surface area contributed by atoms with Crippen LogP contribution in [0.2, 0.25) is 0 Å². The van der Waals surface area contributed by atoms with Crippen molar-refractivity contribution in [2.45, 2.75) is 184 Å². The smallest absolute Gasteiger partial charge is 0.428 e. The number of ether oxygens (including phenoxy) is 6. The van der Waals surface area contributed by atoms with Gasteiger partial charge in [-0.2, -0.15) is 0 Å². The van der Waals surface area contributed by atoms with Crippen LogP contribution >= 0.6 is 0 Å². The Labute approximate surface area is 348 Å². The fourth-order valence-corrected chi connectivity index (χ4v) is 6.62. The molecule has 0 aliphatic carbocycles. The zero-order chi connectivity index (χ0) is 44.7. The molecule has 3 aromatic rings. The lowest BCUT2D eigenvalue weighted by Gasteiger charge is -2.32. The summed E-state index contributed by atoms with van der Waals surface area (Å²) in [7, 11) is 0. The van der Waals surface area contributed by atoms with Crippen LogP contribution in [-0.4, -0.2) is 35.3 Å². The standard InChI is InChI=1S/C49H70O9/c1-28-22-37(53-41(50)56-47(13,14)15)34(44(4,5)6)25-31(28)40(32-26-35(45(7,8)9)38(23-29(32)2)54-42(51)57-48(16,17)18)33-27-36(46(10,11)12)39(24-30(33)3)55-43(52)58-49(19,20)21/h22-27,40H,1-21H3. The molecule has 0 bridgehead atoms. The Morgan fingerprint density at radius 2 is 0.586 bits per heavy atom. The van der Waals surface area contributed by atoms with Crippen molar-refractivity contribution in [2.75, 3.05) is 0 Å². The summed E-state index contributed by atoms with van der Waals surface area (Å²) >= 11 is 0. The van der Waals surface area contributed by atoms with E-state index in [4.69, 9.17) is 28.4 Å². The molecule has 320 valence electrons. The predicted octanol–water partition coefficient (Wildman–Crippen LogP) is 13.6. The van der Waals surface area contributed by atoms with E-state index >= 15 is 0 Å². The van der Waals surface area contributed by atoms with E-state index in [-0.39, 0.29) is 5.92 Å². The Bertz CT molecular complexity index is 1780. The molecule has 3 rings (SSSR count). The molecule has 0 radical (unpaired) electrons. The van der Waals surface area contributed by atoms with Gasteiger partial charge in [0, 0.05) is 22.6 Å². The van der Waals surface area contributed by atoms with Gasteiger partial charge in [0.15, 0.2) is 0 Å². The van der Waals surface area contributed by atoms with Crippen LogP contribution < -0.4 is 14.2 Å². The number of hydrogen-bond donors (Lipinski definition) is 0. The summed E-state index contributed by atoms with van der Waals surface area (Å²) in [5.74, 6) is 0.875. The van der Waals surface area contributed by atoms with Crippen LogP contribution in [0.3, 0.4) is 0 Å². The Balaban J connectivity index is 2.51. The van der Waals surface area contributed by atoms with E-state index < -0.39 is 51.5 Å². The number of benzene rings is 3. The Morgan fingerprint density at radius 3 is 0.759 bits per heavy atom. The maximum absolute atomic E-state index is 13.1. The molecule has 3 aromatic carbocycles. The molecular weight excluding hydrogens is 733 g/mol. The van der Waals surface area contributed by atoms with Crippen LogP contribution in [0.25, 0.3) is 0 Å². The SMILES string of the molecule is Cc1cc(OC(=O)OC(C)(C)C)c(C(C)(C)C)cc1C(c1cc(C(C)(C)C)c(OC(=O)OC(C)(C)C)cc1C)c1cc(C(C)(C)C)c(OC(=O)OC(C)(C)C)cc1C. The van der Waals surface area contributed by atoms with E-state index in [2.05, 4.69) is 80.5 Å². The van der Waals surface area contributed by atoms with Gasteiger partial charge in [-0.3, -0.25) is 0 Å². The number of rotatable bonds is 6. The second-order valence-electron chi connectivity index (χ2n) is 21.5. The molecule has 0 heterocycles. The highest BCUT2D eigenvalue weighted by molar-refractivity contribution is 5.69. The summed E-state index contributed by atoms with van der Waals surface area (Å²) in [5, 5.41) is 0. The minimum atomic E-state index is -0.779. The highest BCUT2D eigenvalue weighted by Crippen LogP contribution is 2.47. The minimum absolute atomic E-state index is 0.384. The maximum atomic E-state index is 13.1. The molecule has 9 nitrogen and oxygen atoms in total. The fraction of sp³-hybridized carbons (Fsp3) is 0.571. The van der Waals surface area contributed by atoms with Gasteiger partial charge in [-0.1, -0.05) is 80.5 Å². The highest BCUT2D eigenvalue weighted by Gasteiger charge is 2.34. The molecule has 9 heteroatoms. The van der Waals surface area contributed by atoms with Gasteiger partial charge in [-0.05, 0) is 151 Å². The third-order valence-corrected chi connectivity index (χ3v) is 9.21. The quantitative estimate of drug-likeness (QED) is 0.104. The van der Waals surface area contributed by atoms with Crippen molar-refractivity contribution in [3.63, 3.8) is 0 Å². The van der Waals surface area contributed by atoms with Crippen molar-refractivity contribution in [1.29, 1.82) is 0 Å². The van der Waals surface area contributed by atoms with Gasteiger partial charge in [0.05, 0.1) is 0 Å². The average Bonchev–Trinajstić information content (AvgIpc) is 2.95. The summed E-state index contributed by atoms with van der Waals surface area (Å²) in [4.78, 5) is 39.2. The monoisotopic (exact) mass is 803 g/mol. The summed E-state index contributed by atoms with van der Waals surface area (Å²) in [6.45, 7) is 40.9. The molecule has 0 fully saturated rings. The first-order chi connectivity index (χ1) is 26.0. The van der Waals surface area contributed by atoms with Gasteiger partial charge < -0.3 is 28.4 Å². The van der Waals surface area contributed by atoms with Gasteiger partial charge in [0.25, 0.3) is 0 Å². The van der Waals surface area contributed by atoms with Crippen molar-refractivity contribution >= 4 is 18.5 Å². The predicted molar refractivity (Wildman–Crippen MR) is 231 cm³/mol. The van der Waals surface area contributed by atoms with E-state index in [1.807, 2.05) is 39.0 Å². The molecule has 0 aliphatic heterocycles. The van der Waals surface area contributed by atoms with Crippen molar-refractivity contribution in [3.8, 4) is 17.2 Å². The molecule has 0 saturated heterocycles. The summed E-state index contributed by atoms with van der Waals surface area (Å²) in [6, 6.07) is 12.1. The van der Waals surface area contributed by atoms with E-state index in [1.54, 1.807) is 62.3 Å². The van der Waals surface area contributed by atoms with E-state index in [0.717, 1.165) is 50.1 Å². The van der Waals surface area contributed by atoms with Crippen LogP contribution in [0.1, 0.15) is 181 Å². The molecule has 0 aromatic heterocycles. The second-order valence-corrected chi connectivity index (χ2v) is 21.5. The Hall–Kier alpha value is -4.53. The number of carbonyl (C=O) groups is 3. The van der Waals surface area contributed by atoms with Gasteiger partial charge in [0.1, 0.15) is 34.1 Å². The van der Waals surface area contributed by atoms with Crippen LogP contribution in [0.15, 0.2) is 36.4 Å². The summed E-state index contributed by atoms with van der Waals surface area (Å²) < 4.78 is 34.5. The Kier molecular flexibility index (Phi) is 13.7. The topological polar surface area (TPSA) is 107 Å². The molecule has 0 atom stereocenters.